The van der Waals surface area contributed by atoms with Gasteiger partial charge in [-0.25, -0.2) is 8.78 Å². The maximum absolute atomic E-state index is 13.2. The molecule has 0 amide bonds. The molecule has 1 fully saturated rings. The van der Waals surface area contributed by atoms with E-state index in [-0.39, 0.29) is 13.0 Å². The molecular formula is C11H12ClF2N. The molecule has 82 valence electrons. The summed E-state index contributed by atoms with van der Waals surface area (Å²) >= 11 is 6.00. The number of halogens is 3. The summed E-state index contributed by atoms with van der Waals surface area (Å²) in [4.78, 5) is 0. The number of alkyl halides is 2. The van der Waals surface area contributed by atoms with E-state index in [2.05, 4.69) is 5.32 Å². The van der Waals surface area contributed by atoms with Crippen LogP contribution in [-0.2, 0) is 5.54 Å². The Morgan fingerprint density at radius 3 is 2.53 bits per heavy atom. The van der Waals surface area contributed by atoms with E-state index in [0.717, 1.165) is 5.56 Å². The Balaban J connectivity index is 2.36. The first-order valence-electron chi connectivity index (χ1n) is 4.81. The molecule has 15 heavy (non-hydrogen) atoms. The first-order valence-corrected chi connectivity index (χ1v) is 5.19. The maximum atomic E-state index is 13.2. The van der Waals surface area contributed by atoms with Crippen molar-refractivity contribution in [3.05, 3.63) is 34.9 Å². The monoisotopic (exact) mass is 231 g/mol. The molecular weight excluding hydrogens is 220 g/mol. The average molecular weight is 232 g/mol. The molecule has 1 aliphatic rings. The van der Waals surface area contributed by atoms with Crippen molar-refractivity contribution in [2.75, 3.05) is 6.54 Å². The Bertz CT molecular complexity index is 381. The van der Waals surface area contributed by atoms with Crippen molar-refractivity contribution in [2.45, 2.75) is 24.8 Å². The van der Waals surface area contributed by atoms with Crippen LogP contribution in [0.2, 0.25) is 5.02 Å². The van der Waals surface area contributed by atoms with Crippen LogP contribution < -0.4 is 5.32 Å². The predicted octanol–water partition coefficient (Wildman–Crippen LogP) is 3.18. The van der Waals surface area contributed by atoms with Gasteiger partial charge in [0.2, 0.25) is 0 Å². The smallest absolute Gasteiger partial charge is 0.262 e. The highest BCUT2D eigenvalue weighted by Gasteiger charge is 2.47. The summed E-state index contributed by atoms with van der Waals surface area (Å²) in [7, 11) is 0. The summed E-state index contributed by atoms with van der Waals surface area (Å²) in [6.45, 7) is 1.48. The lowest BCUT2D eigenvalue weighted by Crippen LogP contribution is -2.33. The van der Waals surface area contributed by atoms with Gasteiger partial charge in [-0.05, 0) is 18.6 Å². The number of hydrogen-bond acceptors (Lipinski definition) is 1. The van der Waals surface area contributed by atoms with Crippen molar-refractivity contribution in [3.8, 4) is 0 Å². The van der Waals surface area contributed by atoms with Crippen molar-refractivity contribution in [2.24, 2.45) is 0 Å². The van der Waals surface area contributed by atoms with Gasteiger partial charge in [0, 0.05) is 17.0 Å². The minimum absolute atomic E-state index is 0.205. The number of rotatable bonds is 1. The van der Waals surface area contributed by atoms with Gasteiger partial charge < -0.3 is 5.32 Å². The Hall–Kier alpha value is -0.670. The molecule has 1 N–H and O–H groups in total. The van der Waals surface area contributed by atoms with Gasteiger partial charge in [0.1, 0.15) is 0 Å². The fourth-order valence-corrected chi connectivity index (χ4v) is 2.41. The Labute approximate surface area is 92.4 Å². The minimum atomic E-state index is -2.64. The first-order chi connectivity index (χ1) is 6.93. The van der Waals surface area contributed by atoms with Crippen LogP contribution in [-0.4, -0.2) is 12.5 Å². The molecule has 0 aliphatic carbocycles. The second-order valence-electron chi connectivity index (χ2n) is 4.20. The summed E-state index contributed by atoms with van der Waals surface area (Å²) < 4.78 is 26.3. The van der Waals surface area contributed by atoms with Crippen molar-refractivity contribution in [1.29, 1.82) is 0 Å². The summed E-state index contributed by atoms with van der Waals surface area (Å²) in [5, 5.41) is 3.38. The third-order valence-corrected chi connectivity index (χ3v) is 3.15. The van der Waals surface area contributed by atoms with Gasteiger partial charge in [-0.2, -0.15) is 0 Å². The van der Waals surface area contributed by atoms with Gasteiger partial charge >= 0.3 is 0 Å². The molecule has 1 atom stereocenters. The zero-order valence-corrected chi connectivity index (χ0v) is 9.11. The normalized spacial score (nSPS) is 29.3. The minimum Gasteiger partial charge on any atom is -0.302 e. The van der Waals surface area contributed by atoms with Crippen molar-refractivity contribution < 1.29 is 8.78 Å². The van der Waals surface area contributed by atoms with Gasteiger partial charge in [-0.3, -0.25) is 0 Å². The van der Waals surface area contributed by atoms with Crippen LogP contribution in [0.3, 0.4) is 0 Å². The number of benzene rings is 1. The topological polar surface area (TPSA) is 12.0 Å². The fourth-order valence-electron chi connectivity index (χ4n) is 2.07. The third-order valence-electron chi connectivity index (χ3n) is 2.82. The van der Waals surface area contributed by atoms with Gasteiger partial charge in [0.25, 0.3) is 5.92 Å². The molecule has 0 spiro atoms. The molecule has 0 saturated carbocycles. The molecule has 1 nitrogen and oxygen atoms in total. The zero-order valence-electron chi connectivity index (χ0n) is 8.36. The predicted molar refractivity (Wildman–Crippen MR) is 56.4 cm³/mol. The molecule has 0 radical (unpaired) electrons. The molecule has 1 saturated heterocycles. The number of hydrogen-bond donors (Lipinski definition) is 1. The first kappa shape index (κ1) is 10.8. The van der Waals surface area contributed by atoms with Crippen LogP contribution in [0.15, 0.2) is 24.3 Å². The molecule has 1 heterocycles. The highest BCUT2D eigenvalue weighted by Crippen LogP contribution is 2.41. The highest BCUT2D eigenvalue weighted by atomic mass is 35.5. The largest absolute Gasteiger partial charge is 0.302 e. The lowest BCUT2D eigenvalue weighted by molar-refractivity contribution is 0.0165. The molecule has 1 aromatic carbocycles. The van der Waals surface area contributed by atoms with Crippen LogP contribution in [0.5, 0.6) is 0 Å². The van der Waals surface area contributed by atoms with E-state index in [9.17, 15) is 8.78 Å². The molecule has 4 heteroatoms. The quantitative estimate of drug-likeness (QED) is 0.783. The average Bonchev–Trinajstić information content (AvgIpc) is 2.42. The highest BCUT2D eigenvalue weighted by molar-refractivity contribution is 6.31. The van der Waals surface area contributed by atoms with Crippen molar-refractivity contribution in [1.82, 2.24) is 5.32 Å². The summed E-state index contributed by atoms with van der Waals surface area (Å²) in [5.74, 6) is -2.64. The van der Waals surface area contributed by atoms with E-state index in [0.29, 0.717) is 5.02 Å². The molecule has 1 aromatic rings. The second kappa shape index (κ2) is 3.42. The molecule has 1 aliphatic heterocycles. The summed E-state index contributed by atoms with van der Waals surface area (Å²) in [6, 6.07) is 7.11. The van der Waals surface area contributed by atoms with Gasteiger partial charge in [0.15, 0.2) is 0 Å². The van der Waals surface area contributed by atoms with E-state index in [1.54, 1.807) is 25.1 Å². The summed E-state index contributed by atoms with van der Waals surface area (Å²) in [6.07, 6.45) is -0.205. The molecule has 0 bridgehead atoms. The van der Waals surface area contributed by atoms with Crippen molar-refractivity contribution >= 4 is 11.6 Å². The second-order valence-corrected chi connectivity index (χ2v) is 4.61. The fraction of sp³-hybridized carbons (Fsp3) is 0.455. The Morgan fingerprint density at radius 2 is 2.00 bits per heavy atom. The van der Waals surface area contributed by atoms with Gasteiger partial charge in [-0.15, -0.1) is 0 Å². The maximum Gasteiger partial charge on any atom is 0.262 e. The number of nitrogens with one attached hydrogen (secondary N) is 1. The third kappa shape index (κ3) is 1.99. The Morgan fingerprint density at radius 1 is 1.33 bits per heavy atom. The summed E-state index contributed by atoms with van der Waals surface area (Å²) in [5.41, 5.74) is 0.0193. The lowest BCUT2D eigenvalue weighted by atomic mass is 9.90. The van der Waals surface area contributed by atoms with Crippen LogP contribution >= 0.6 is 11.6 Å². The van der Waals surface area contributed by atoms with Crippen LogP contribution in [0.25, 0.3) is 0 Å². The van der Waals surface area contributed by atoms with Gasteiger partial charge in [0.05, 0.1) is 6.54 Å². The standard InChI is InChI=1S/C11H12ClF2N/c1-10(6-11(13,14)7-15-10)8-4-2-3-5-9(8)12/h2-5,15H,6-7H2,1H3. The van der Waals surface area contributed by atoms with E-state index < -0.39 is 11.5 Å². The molecule has 1 unspecified atom stereocenters. The Kier molecular flexibility index (Phi) is 2.47. The van der Waals surface area contributed by atoms with E-state index in [4.69, 9.17) is 11.6 Å². The molecule has 2 rings (SSSR count). The van der Waals surface area contributed by atoms with Crippen LogP contribution in [0.1, 0.15) is 18.9 Å². The van der Waals surface area contributed by atoms with E-state index >= 15 is 0 Å². The van der Waals surface area contributed by atoms with E-state index in [1.807, 2.05) is 6.07 Å². The zero-order chi connectivity index (χ0) is 11.1. The molecule has 0 aromatic heterocycles. The van der Waals surface area contributed by atoms with E-state index in [1.165, 1.54) is 0 Å². The van der Waals surface area contributed by atoms with Crippen molar-refractivity contribution in [3.63, 3.8) is 0 Å². The van der Waals surface area contributed by atoms with Crippen LogP contribution in [0.4, 0.5) is 8.78 Å². The SMILES string of the molecule is CC1(c2ccccc2Cl)CC(F)(F)CN1. The lowest BCUT2D eigenvalue weighted by Gasteiger charge is -2.25. The van der Waals surface area contributed by atoms with Gasteiger partial charge in [-0.1, -0.05) is 29.8 Å². The van der Waals surface area contributed by atoms with Crippen LogP contribution in [0, 0.1) is 0 Å².